The summed E-state index contributed by atoms with van der Waals surface area (Å²) in [6.45, 7) is 0.812. The molecule has 2 heterocycles. The lowest BCUT2D eigenvalue weighted by Gasteiger charge is -2.09. The van der Waals surface area contributed by atoms with Crippen molar-refractivity contribution in [1.29, 1.82) is 0 Å². The largest absolute Gasteiger partial charge is 0.310 e. The van der Waals surface area contributed by atoms with Crippen LogP contribution in [0.15, 0.2) is 29.4 Å². The lowest BCUT2D eigenvalue weighted by atomic mass is 10.2. The number of hydrogen-bond donors (Lipinski definition) is 1. The molecule has 0 unspecified atom stereocenters. The highest BCUT2D eigenvalue weighted by Crippen LogP contribution is 2.21. The Morgan fingerprint density at radius 3 is 3.06 bits per heavy atom. The van der Waals surface area contributed by atoms with Crippen LogP contribution in [0.5, 0.6) is 0 Å². The number of aromatic nitrogens is 4. The normalized spacial score (nSPS) is 15.1. The Morgan fingerprint density at radius 2 is 2.35 bits per heavy atom. The Kier molecular flexibility index (Phi) is 2.90. The SMILES string of the molecule is Brc1cnc(-n2cncn2)c(CNC2CC2)c1. The number of rotatable bonds is 4. The van der Waals surface area contributed by atoms with Gasteiger partial charge in [0, 0.05) is 28.8 Å². The zero-order valence-corrected chi connectivity index (χ0v) is 10.8. The third-order valence-corrected chi connectivity index (χ3v) is 3.14. The molecule has 0 aromatic carbocycles. The van der Waals surface area contributed by atoms with Crippen molar-refractivity contribution in [3.8, 4) is 5.82 Å². The van der Waals surface area contributed by atoms with Crippen LogP contribution in [-0.2, 0) is 6.54 Å². The molecule has 1 saturated carbocycles. The van der Waals surface area contributed by atoms with E-state index in [0.717, 1.165) is 22.4 Å². The van der Waals surface area contributed by atoms with E-state index in [-0.39, 0.29) is 0 Å². The molecule has 17 heavy (non-hydrogen) atoms. The third-order valence-electron chi connectivity index (χ3n) is 2.70. The van der Waals surface area contributed by atoms with Gasteiger partial charge in [-0.1, -0.05) is 0 Å². The summed E-state index contributed by atoms with van der Waals surface area (Å²) in [7, 11) is 0. The first-order valence-electron chi connectivity index (χ1n) is 5.56. The van der Waals surface area contributed by atoms with Gasteiger partial charge < -0.3 is 5.32 Å². The first-order valence-corrected chi connectivity index (χ1v) is 6.35. The predicted octanol–water partition coefficient (Wildman–Crippen LogP) is 1.68. The number of nitrogens with zero attached hydrogens (tertiary/aromatic N) is 4. The number of hydrogen-bond acceptors (Lipinski definition) is 4. The molecule has 0 atom stereocenters. The van der Waals surface area contributed by atoms with Crippen LogP contribution in [0.2, 0.25) is 0 Å². The van der Waals surface area contributed by atoms with Gasteiger partial charge >= 0.3 is 0 Å². The highest BCUT2D eigenvalue weighted by molar-refractivity contribution is 9.10. The Bertz CT molecular complexity index is 507. The Hall–Kier alpha value is -1.27. The van der Waals surface area contributed by atoms with Crippen LogP contribution in [0, 0.1) is 0 Å². The molecule has 0 spiro atoms. The van der Waals surface area contributed by atoms with E-state index in [1.165, 1.54) is 19.2 Å². The van der Waals surface area contributed by atoms with Gasteiger partial charge in [0.05, 0.1) is 0 Å². The monoisotopic (exact) mass is 293 g/mol. The molecule has 6 heteroatoms. The van der Waals surface area contributed by atoms with Gasteiger partial charge in [-0.05, 0) is 34.8 Å². The fourth-order valence-electron chi connectivity index (χ4n) is 1.67. The van der Waals surface area contributed by atoms with Crippen LogP contribution in [-0.4, -0.2) is 25.8 Å². The molecule has 1 aliphatic rings. The van der Waals surface area contributed by atoms with Crippen molar-refractivity contribution in [2.24, 2.45) is 0 Å². The van der Waals surface area contributed by atoms with E-state index in [2.05, 4.69) is 42.4 Å². The van der Waals surface area contributed by atoms with Gasteiger partial charge in [0.15, 0.2) is 5.82 Å². The molecule has 88 valence electrons. The minimum atomic E-state index is 0.678. The number of nitrogens with one attached hydrogen (secondary N) is 1. The summed E-state index contributed by atoms with van der Waals surface area (Å²) in [6.07, 6.45) is 7.51. The fraction of sp³-hybridized carbons (Fsp3) is 0.364. The molecule has 1 aliphatic carbocycles. The average molecular weight is 294 g/mol. The molecule has 0 radical (unpaired) electrons. The molecule has 0 aliphatic heterocycles. The molecule has 1 fully saturated rings. The van der Waals surface area contributed by atoms with Crippen molar-refractivity contribution < 1.29 is 0 Å². The van der Waals surface area contributed by atoms with Gasteiger partial charge in [-0.25, -0.2) is 14.6 Å². The standard InChI is InChI=1S/C11H12BrN5/c12-9-3-8(4-14-10-1-2-10)11(15-5-9)17-7-13-6-16-17/h3,5-7,10,14H,1-2,4H2. The Balaban J connectivity index is 1.89. The van der Waals surface area contributed by atoms with Crippen LogP contribution in [0.4, 0.5) is 0 Å². The van der Waals surface area contributed by atoms with E-state index < -0.39 is 0 Å². The summed E-state index contributed by atoms with van der Waals surface area (Å²) in [5.41, 5.74) is 1.12. The maximum absolute atomic E-state index is 4.39. The van der Waals surface area contributed by atoms with Gasteiger partial charge in [-0.2, -0.15) is 5.10 Å². The maximum atomic E-state index is 4.39. The lowest BCUT2D eigenvalue weighted by molar-refractivity contribution is 0.676. The van der Waals surface area contributed by atoms with Crippen LogP contribution in [0.3, 0.4) is 0 Å². The van der Waals surface area contributed by atoms with E-state index in [4.69, 9.17) is 0 Å². The van der Waals surface area contributed by atoms with Gasteiger partial charge in [0.25, 0.3) is 0 Å². The number of halogens is 1. The first-order chi connectivity index (χ1) is 8.33. The summed E-state index contributed by atoms with van der Waals surface area (Å²) in [5, 5.41) is 7.60. The average Bonchev–Trinajstić information content (AvgIpc) is 3.00. The molecule has 0 bridgehead atoms. The second-order valence-electron chi connectivity index (χ2n) is 4.13. The highest BCUT2D eigenvalue weighted by Gasteiger charge is 2.21. The second-order valence-corrected chi connectivity index (χ2v) is 5.05. The summed E-state index contributed by atoms with van der Waals surface area (Å²) in [4.78, 5) is 8.34. The predicted molar refractivity (Wildman–Crippen MR) is 66.7 cm³/mol. The summed E-state index contributed by atoms with van der Waals surface area (Å²) >= 11 is 3.45. The van der Waals surface area contributed by atoms with Gasteiger partial charge in [-0.3, -0.25) is 0 Å². The fourth-order valence-corrected chi connectivity index (χ4v) is 2.05. The maximum Gasteiger partial charge on any atom is 0.159 e. The molecule has 0 saturated heterocycles. The van der Waals surface area contributed by atoms with Crippen LogP contribution in [0.25, 0.3) is 5.82 Å². The summed E-state index contributed by atoms with van der Waals surface area (Å²) < 4.78 is 2.67. The van der Waals surface area contributed by atoms with E-state index in [0.29, 0.717) is 6.04 Å². The Morgan fingerprint density at radius 1 is 1.47 bits per heavy atom. The smallest absolute Gasteiger partial charge is 0.159 e. The lowest BCUT2D eigenvalue weighted by Crippen LogP contribution is -2.17. The van der Waals surface area contributed by atoms with E-state index in [9.17, 15) is 0 Å². The third kappa shape index (κ3) is 2.53. The molecular formula is C11H12BrN5. The van der Waals surface area contributed by atoms with Crippen molar-refractivity contribution in [3.05, 3.63) is 35.0 Å². The van der Waals surface area contributed by atoms with Crippen LogP contribution < -0.4 is 5.32 Å². The molecule has 2 aromatic rings. The first kappa shape index (κ1) is 10.9. The minimum Gasteiger partial charge on any atom is -0.310 e. The van der Waals surface area contributed by atoms with Crippen molar-refractivity contribution in [1.82, 2.24) is 25.1 Å². The molecule has 2 aromatic heterocycles. The molecular weight excluding hydrogens is 282 g/mol. The van der Waals surface area contributed by atoms with Crippen molar-refractivity contribution in [2.45, 2.75) is 25.4 Å². The Labute approximate surface area is 107 Å². The molecule has 0 amide bonds. The number of pyridine rings is 1. The summed E-state index contributed by atoms with van der Waals surface area (Å²) in [6, 6.07) is 2.75. The highest BCUT2D eigenvalue weighted by atomic mass is 79.9. The van der Waals surface area contributed by atoms with Gasteiger partial charge in [0.1, 0.15) is 12.7 Å². The van der Waals surface area contributed by atoms with Gasteiger partial charge in [0.2, 0.25) is 0 Å². The molecule has 1 N–H and O–H groups in total. The zero-order chi connectivity index (χ0) is 11.7. The van der Waals surface area contributed by atoms with E-state index in [1.54, 1.807) is 17.2 Å². The second kappa shape index (κ2) is 4.54. The molecule has 3 rings (SSSR count). The van der Waals surface area contributed by atoms with E-state index in [1.807, 2.05) is 0 Å². The van der Waals surface area contributed by atoms with Gasteiger partial charge in [-0.15, -0.1) is 0 Å². The van der Waals surface area contributed by atoms with Crippen molar-refractivity contribution in [2.75, 3.05) is 0 Å². The van der Waals surface area contributed by atoms with Crippen LogP contribution >= 0.6 is 15.9 Å². The van der Waals surface area contributed by atoms with Crippen LogP contribution in [0.1, 0.15) is 18.4 Å². The van der Waals surface area contributed by atoms with Crippen molar-refractivity contribution >= 4 is 15.9 Å². The van der Waals surface area contributed by atoms with Crippen molar-refractivity contribution in [3.63, 3.8) is 0 Å². The minimum absolute atomic E-state index is 0.678. The van der Waals surface area contributed by atoms with E-state index >= 15 is 0 Å². The quantitative estimate of drug-likeness (QED) is 0.932. The molecule has 5 nitrogen and oxygen atoms in total. The zero-order valence-electron chi connectivity index (χ0n) is 9.17. The topological polar surface area (TPSA) is 55.6 Å². The summed E-state index contributed by atoms with van der Waals surface area (Å²) in [5.74, 6) is 0.832.